The van der Waals surface area contributed by atoms with Gasteiger partial charge in [-0.15, -0.1) is 37.2 Å². The smallest absolute Gasteiger partial charge is 0.258 e. The summed E-state index contributed by atoms with van der Waals surface area (Å²) in [5.41, 5.74) is 13.2. The summed E-state index contributed by atoms with van der Waals surface area (Å²) in [6, 6.07) is 10.9. The fraction of sp³-hybridized carbons (Fsp3) is 0.393. The maximum Gasteiger partial charge on any atom is 0.258 e. The number of aryl methyl sites for hydroxylation is 1. The normalized spacial score (nSPS) is 13.4. The Labute approximate surface area is 305 Å². The lowest BCUT2D eigenvalue weighted by atomic mass is 10.1. The minimum atomic E-state index is -3.90. The van der Waals surface area contributed by atoms with Crippen molar-refractivity contribution in [2.75, 3.05) is 67.1 Å². The molecule has 0 atom stereocenters. The van der Waals surface area contributed by atoms with Gasteiger partial charge in [0.2, 0.25) is 26.0 Å². The first-order valence-electron chi connectivity index (χ1n) is 14.3. The van der Waals surface area contributed by atoms with Crippen LogP contribution in [0.25, 0.3) is 0 Å². The van der Waals surface area contributed by atoms with Crippen LogP contribution < -0.4 is 31.3 Å². The van der Waals surface area contributed by atoms with Gasteiger partial charge >= 0.3 is 0 Å². The molecule has 0 unspecified atom stereocenters. The quantitative estimate of drug-likeness (QED) is 0.200. The van der Waals surface area contributed by atoms with Gasteiger partial charge in [-0.3, -0.25) is 9.10 Å². The summed E-state index contributed by atoms with van der Waals surface area (Å²) in [5.74, 6) is -0.196. The molecule has 1 fully saturated rings. The molecule has 0 spiro atoms. The number of hydrogen-bond donors (Lipinski definition) is 4. The SMILES string of the molecule is Cc1cc(C#N)nc(N2CCN(S(=O)(=O)c3ccc(NC(=O)c4cc(CNC(CN)CN)ccc4N(C)S(C)(=O)=O)nc3)CC2)n1.Cl.Cl.Cl. The van der Waals surface area contributed by atoms with Gasteiger partial charge in [-0.25, -0.2) is 31.8 Å². The molecular formula is C28H40Cl3N11O5S2. The molecule has 1 aromatic carbocycles. The number of nitrogens with two attached hydrogens (primary N) is 2. The number of rotatable bonds is 12. The monoisotopic (exact) mass is 779 g/mol. The average molecular weight is 781 g/mol. The molecule has 270 valence electrons. The molecule has 1 saturated heterocycles. The lowest BCUT2D eigenvalue weighted by Gasteiger charge is -2.34. The maximum atomic E-state index is 13.4. The first kappa shape index (κ1) is 43.6. The van der Waals surface area contributed by atoms with Crippen LogP contribution in [0.4, 0.5) is 17.5 Å². The van der Waals surface area contributed by atoms with E-state index in [1.54, 1.807) is 25.1 Å². The average Bonchev–Trinajstić information content (AvgIpc) is 3.04. The molecule has 1 amide bonds. The Morgan fingerprint density at radius 3 is 2.22 bits per heavy atom. The van der Waals surface area contributed by atoms with Crippen molar-refractivity contribution in [3.05, 3.63) is 65.1 Å². The molecule has 1 aliphatic heterocycles. The van der Waals surface area contributed by atoms with Gasteiger partial charge in [0.05, 0.1) is 17.5 Å². The second-order valence-electron chi connectivity index (χ2n) is 10.7. The fourth-order valence-corrected chi connectivity index (χ4v) is 6.56. The second-order valence-corrected chi connectivity index (χ2v) is 14.6. The van der Waals surface area contributed by atoms with Crippen molar-refractivity contribution in [2.24, 2.45) is 11.5 Å². The van der Waals surface area contributed by atoms with E-state index in [-0.39, 0.29) is 84.0 Å². The van der Waals surface area contributed by atoms with Crippen LogP contribution in [0.1, 0.15) is 27.3 Å². The molecule has 16 nitrogen and oxygen atoms in total. The van der Waals surface area contributed by atoms with E-state index < -0.39 is 26.0 Å². The van der Waals surface area contributed by atoms with E-state index in [0.717, 1.165) is 16.8 Å². The van der Waals surface area contributed by atoms with Crippen molar-refractivity contribution < 1.29 is 21.6 Å². The van der Waals surface area contributed by atoms with Gasteiger partial charge < -0.3 is 27.0 Å². The largest absolute Gasteiger partial charge is 0.338 e. The van der Waals surface area contributed by atoms with E-state index in [1.165, 1.54) is 29.6 Å². The Balaban J connectivity index is 0.00000400. The van der Waals surface area contributed by atoms with Crippen molar-refractivity contribution in [3.63, 3.8) is 0 Å². The predicted octanol–water partition coefficient (Wildman–Crippen LogP) is 0.852. The summed E-state index contributed by atoms with van der Waals surface area (Å²) in [5, 5.41) is 15.0. The Hall–Kier alpha value is -3.38. The highest BCUT2D eigenvalue weighted by Crippen LogP contribution is 2.25. The van der Waals surface area contributed by atoms with Gasteiger partial charge in [0, 0.05) is 70.8 Å². The number of carbonyl (C=O) groups excluding carboxylic acids is 1. The van der Waals surface area contributed by atoms with Gasteiger partial charge in [0.1, 0.15) is 22.5 Å². The van der Waals surface area contributed by atoms with E-state index in [9.17, 15) is 26.9 Å². The zero-order valence-corrected chi connectivity index (χ0v) is 31.0. The summed E-state index contributed by atoms with van der Waals surface area (Å²) in [4.78, 5) is 27.9. The molecule has 0 bridgehead atoms. The van der Waals surface area contributed by atoms with Crippen molar-refractivity contribution >= 4 is 80.6 Å². The van der Waals surface area contributed by atoms with Crippen molar-refractivity contribution in [1.29, 1.82) is 5.26 Å². The summed E-state index contributed by atoms with van der Waals surface area (Å²) in [7, 11) is -6.26. The minimum absolute atomic E-state index is 0. The molecular weight excluding hydrogens is 741 g/mol. The molecule has 0 saturated carbocycles. The molecule has 21 heteroatoms. The standard InChI is InChI=1S/C28H37N11O5S2.3ClH/c1-19-12-21(14-29)35-28(34-19)38-8-10-39(11-9-38)46(43,44)23-5-7-26(33-18-23)36-27(40)24-13-20(17-32-22(15-30)16-31)4-6-25(24)37(2)45(3,41)42;;;/h4-7,12-13,18,22,32H,8-11,15-17,30-31H2,1-3H3,(H,33,36,40);3*1H. The number of aromatic nitrogens is 3. The van der Waals surface area contributed by atoms with Gasteiger partial charge in [-0.2, -0.15) is 9.57 Å². The van der Waals surface area contributed by atoms with E-state index in [2.05, 4.69) is 25.6 Å². The van der Waals surface area contributed by atoms with Crippen LogP contribution in [0.15, 0.2) is 47.5 Å². The van der Waals surface area contributed by atoms with Crippen LogP contribution in [-0.4, -0.2) is 101 Å². The number of nitrogens with zero attached hydrogens (tertiary/aromatic N) is 7. The first-order valence-corrected chi connectivity index (χ1v) is 17.5. The molecule has 1 aliphatic rings. The number of piperazine rings is 1. The number of sulfonamides is 2. The Bertz CT molecular complexity index is 1840. The molecule has 3 heterocycles. The Kier molecular flexibility index (Phi) is 16.5. The van der Waals surface area contributed by atoms with Crippen LogP contribution in [0, 0.1) is 18.3 Å². The molecule has 6 N–H and O–H groups in total. The van der Waals surface area contributed by atoms with E-state index in [4.69, 9.17) is 11.5 Å². The maximum absolute atomic E-state index is 13.4. The van der Waals surface area contributed by atoms with Crippen LogP contribution in [0.3, 0.4) is 0 Å². The van der Waals surface area contributed by atoms with Crippen LogP contribution >= 0.6 is 37.2 Å². The third-order valence-electron chi connectivity index (χ3n) is 7.40. The molecule has 49 heavy (non-hydrogen) atoms. The van der Waals surface area contributed by atoms with Crippen molar-refractivity contribution in [2.45, 2.75) is 24.4 Å². The number of halogens is 3. The van der Waals surface area contributed by atoms with E-state index in [1.807, 2.05) is 11.0 Å². The summed E-state index contributed by atoms with van der Waals surface area (Å²) in [6.07, 6.45) is 2.18. The topological polar surface area (TPSA) is 234 Å². The van der Waals surface area contributed by atoms with E-state index >= 15 is 0 Å². The number of amides is 1. The van der Waals surface area contributed by atoms with Gasteiger partial charge in [0.25, 0.3) is 5.91 Å². The van der Waals surface area contributed by atoms with E-state index in [0.29, 0.717) is 49.9 Å². The second kappa shape index (κ2) is 18.6. The van der Waals surface area contributed by atoms with Crippen LogP contribution in [0.2, 0.25) is 0 Å². The van der Waals surface area contributed by atoms with Crippen LogP contribution in [-0.2, 0) is 26.6 Å². The first-order chi connectivity index (χ1) is 21.8. The number of carbonyl (C=O) groups is 1. The molecule has 0 aliphatic carbocycles. The third kappa shape index (κ3) is 10.8. The number of anilines is 3. The highest BCUT2D eigenvalue weighted by Gasteiger charge is 2.30. The Morgan fingerprint density at radius 1 is 1.02 bits per heavy atom. The molecule has 2 aromatic heterocycles. The van der Waals surface area contributed by atoms with Crippen molar-refractivity contribution in [3.8, 4) is 6.07 Å². The zero-order chi connectivity index (χ0) is 33.6. The number of hydrogen-bond acceptors (Lipinski definition) is 13. The number of pyridine rings is 1. The lowest BCUT2D eigenvalue weighted by molar-refractivity contribution is 0.102. The third-order valence-corrected chi connectivity index (χ3v) is 10.5. The predicted molar refractivity (Wildman–Crippen MR) is 195 cm³/mol. The Morgan fingerprint density at radius 2 is 1.67 bits per heavy atom. The number of benzene rings is 1. The lowest BCUT2D eigenvalue weighted by Crippen LogP contribution is -2.49. The van der Waals surface area contributed by atoms with Crippen LogP contribution in [0.5, 0.6) is 0 Å². The zero-order valence-electron chi connectivity index (χ0n) is 26.9. The van der Waals surface area contributed by atoms with Crippen molar-refractivity contribution in [1.82, 2.24) is 24.6 Å². The summed E-state index contributed by atoms with van der Waals surface area (Å²) >= 11 is 0. The number of nitrogens with one attached hydrogen (secondary N) is 2. The highest BCUT2D eigenvalue weighted by molar-refractivity contribution is 7.92. The summed E-state index contributed by atoms with van der Waals surface area (Å²) in [6.45, 7) is 3.71. The summed E-state index contributed by atoms with van der Waals surface area (Å²) < 4.78 is 53.6. The van der Waals surface area contributed by atoms with Gasteiger partial charge in [0.15, 0.2) is 0 Å². The highest BCUT2D eigenvalue weighted by atomic mass is 35.5. The number of nitriles is 1. The van der Waals surface area contributed by atoms with Gasteiger partial charge in [-0.1, -0.05) is 6.07 Å². The van der Waals surface area contributed by atoms with Gasteiger partial charge in [-0.05, 0) is 42.8 Å². The fourth-order valence-electron chi connectivity index (χ4n) is 4.67. The minimum Gasteiger partial charge on any atom is -0.338 e. The molecule has 0 radical (unpaired) electrons. The molecule has 4 rings (SSSR count). The molecule has 3 aromatic rings.